The Kier molecular flexibility index (Phi) is 9.07. The molecule has 4 aromatic carbocycles. The lowest BCUT2D eigenvalue weighted by Gasteiger charge is -2.01. The number of rotatable bonds is 2. The van der Waals surface area contributed by atoms with Crippen molar-refractivity contribution >= 4 is 34.5 Å². The summed E-state index contributed by atoms with van der Waals surface area (Å²) in [5, 5.41) is 0.974. The summed E-state index contributed by atoms with van der Waals surface area (Å²) in [5.74, 6) is 20.5. The van der Waals surface area contributed by atoms with E-state index in [0.717, 1.165) is 33.4 Å². The van der Waals surface area contributed by atoms with Crippen LogP contribution in [0.15, 0.2) is 97.1 Å². The van der Waals surface area contributed by atoms with E-state index in [1.165, 1.54) is 0 Å². The molecule has 0 heterocycles. The normalized spacial score (nSPS) is 9.42. The molecule has 2 nitrogen and oxygen atoms in total. The van der Waals surface area contributed by atoms with Gasteiger partial charge in [-0.05, 0) is 121 Å². The highest BCUT2D eigenvalue weighted by Crippen LogP contribution is 2.13. The van der Waals surface area contributed by atoms with Crippen LogP contribution in [0.25, 0.3) is 0 Å². The summed E-state index contributed by atoms with van der Waals surface area (Å²) in [6, 6.07) is 30.8. The van der Waals surface area contributed by atoms with Crippen molar-refractivity contribution in [2.24, 2.45) is 0 Å². The maximum atomic E-state index is 5.40. The average Bonchev–Trinajstić information content (AvgIpc) is 2.92. The van der Waals surface area contributed by atoms with E-state index in [2.05, 4.69) is 35.5 Å². The van der Waals surface area contributed by atoms with Crippen LogP contribution in [0.5, 0.6) is 11.5 Å². The summed E-state index contributed by atoms with van der Waals surface area (Å²) in [6.07, 6.45) is 0. The molecule has 0 aliphatic heterocycles. The van der Waals surface area contributed by atoms with E-state index in [1.54, 1.807) is 13.8 Å². The molecule has 4 aromatic rings. The highest BCUT2D eigenvalue weighted by Gasteiger charge is 1.96. The van der Waals surface area contributed by atoms with Crippen molar-refractivity contribution in [1.82, 2.24) is 0 Å². The molecule has 182 valence electrons. The second-order valence-corrected chi connectivity index (χ2v) is 9.29. The second kappa shape index (κ2) is 13.0. The lowest BCUT2D eigenvalue weighted by molar-refractivity contribution is 0.561. The summed E-state index contributed by atoms with van der Waals surface area (Å²) in [6.45, 7) is 3.49. The van der Waals surface area contributed by atoms with Gasteiger partial charge in [0.1, 0.15) is 11.5 Å². The van der Waals surface area contributed by atoms with Crippen molar-refractivity contribution < 1.29 is 9.47 Å². The molecule has 0 spiro atoms. The van der Waals surface area contributed by atoms with Gasteiger partial charge >= 0.3 is 0 Å². The minimum atomic E-state index is 0.487. The maximum absolute atomic E-state index is 5.40. The minimum Gasteiger partial charge on any atom is -0.451 e. The Labute approximate surface area is 234 Å². The minimum absolute atomic E-state index is 0.487. The van der Waals surface area contributed by atoms with Gasteiger partial charge < -0.3 is 9.47 Å². The molecular weight excluding hydrogens is 505 g/mol. The van der Waals surface area contributed by atoms with Gasteiger partial charge in [-0.1, -0.05) is 35.5 Å². The van der Waals surface area contributed by atoms with Crippen LogP contribution in [0.1, 0.15) is 47.2 Å². The van der Waals surface area contributed by atoms with Crippen molar-refractivity contribution in [3.05, 3.63) is 130 Å². The van der Waals surface area contributed by atoms with Crippen molar-refractivity contribution in [1.29, 1.82) is 0 Å². The molecule has 0 unspecified atom stereocenters. The molecule has 0 aliphatic rings. The smallest absolute Gasteiger partial charge is 0.164 e. The Balaban J connectivity index is 1.35. The standard InChI is InChI=1S/C34H22O2S2/c1-25(37)35-33-21-17-31(18-22-33)15-13-29-9-5-27(6-10-29)3-4-28-7-11-30(12-8-28)14-16-32-19-23-34(24-20-32)36-26(2)38/h5-12,17-24H,1-2H3. The molecule has 0 N–H and O–H groups in total. The van der Waals surface area contributed by atoms with Crippen molar-refractivity contribution in [3.63, 3.8) is 0 Å². The third-order valence-electron chi connectivity index (χ3n) is 5.06. The molecule has 0 aliphatic carbocycles. The molecule has 0 saturated heterocycles. The van der Waals surface area contributed by atoms with Gasteiger partial charge in [-0.3, -0.25) is 0 Å². The third kappa shape index (κ3) is 8.48. The first kappa shape index (κ1) is 26.4. The van der Waals surface area contributed by atoms with Crippen molar-refractivity contribution in [3.8, 4) is 47.0 Å². The van der Waals surface area contributed by atoms with Gasteiger partial charge in [-0.2, -0.15) is 0 Å². The monoisotopic (exact) mass is 526 g/mol. The number of hydrogen-bond acceptors (Lipinski definition) is 4. The quantitative estimate of drug-likeness (QED) is 0.201. The predicted molar refractivity (Wildman–Crippen MR) is 162 cm³/mol. The summed E-state index contributed by atoms with van der Waals surface area (Å²) in [4.78, 5) is 0. The second-order valence-electron chi connectivity index (χ2n) is 8.14. The summed E-state index contributed by atoms with van der Waals surface area (Å²) < 4.78 is 10.8. The van der Waals surface area contributed by atoms with E-state index in [0.29, 0.717) is 21.6 Å². The van der Waals surface area contributed by atoms with Gasteiger partial charge in [-0.15, -0.1) is 0 Å². The summed E-state index contributed by atoms with van der Waals surface area (Å²) in [5.41, 5.74) is 5.50. The highest BCUT2D eigenvalue weighted by molar-refractivity contribution is 7.80. The van der Waals surface area contributed by atoms with Crippen LogP contribution in [-0.4, -0.2) is 10.1 Å². The largest absolute Gasteiger partial charge is 0.451 e. The van der Waals surface area contributed by atoms with Crippen LogP contribution < -0.4 is 9.47 Å². The van der Waals surface area contributed by atoms with Crippen LogP contribution in [0, 0.1) is 35.5 Å². The van der Waals surface area contributed by atoms with Crippen LogP contribution in [0.4, 0.5) is 0 Å². The van der Waals surface area contributed by atoms with E-state index in [4.69, 9.17) is 33.9 Å². The van der Waals surface area contributed by atoms with Gasteiger partial charge in [-0.25, -0.2) is 0 Å². The Morgan fingerprint density at radius 3 is 0.763 bits per heavy atom. The average molecular weight is 527 g/mol. The predicted octanol–water partition coefficient (Wildman–Crippen LogP) is 7.34. The Hall–Kier alpha value is -4.66. The fourth-order valence-electron chi connectivity index (χ4n) is 3.25. The Morgan fingerprint density at radius 2 is 0.579 bits per heavy atom. The molecule has 0 atom stereocenters. The molecule has 0 bridgehead atoms. The van der Waals surface area contributed by atoms with Gasteiger partial charge in [0.2, 0.25) is 0 Å². The first-order chi connectivity index (χ1) is 18.4. The maximum Gasteiger partial charge on any atom is 0.164 e. The SMILES string of the molecule is CC(=S)Oc1ccc(C#Cc2ccc(C#Cc3ccc(C#Cc4ccc(OC(C)=S)cc4)cc3)cc2)cc1. The molecule has 4 heteroatoms. The Morgan fingerprint density at radius 1 is 0.395 bits per heavy atom. The van der Waals surface area contributed by atoms with Crippen molar-refractivity contribution in [2.45, 2.75) is 13.8 Å². The van der Waals surface area contributed by atoms with E-state index in [9.17, 15) is 0 Å². The van der Waals surface area contributed by atoms with E-state index in [1.807, 2.05) is 97.1 Å². The van der Waals surface area contributed by atoms with Gasteiger partial charge in [0, 0.05) is 47.2 Å². The zero-order valence-corrected chi connectivity index (χ0v) is 22.5. The lowest BCUT2D eigenvalue weighted by Crippen LogP contribution is -1.98. The zero-order valence-electron chi connectivity index (χ0n) is 20.9. The van der Waals surface area contributed by atoms with Gasteiger partial charge in [0.05, 0.1) is 0 Å². The van der Waals surface area contributed by atoms with Crippen LogP contribution in [0.2, 0.25) is 0 Å². The molecule has 38 heavy (non-hydrogen) atoms. The molecule has 0 aromatic heterocycles. The van der Waals surface area contributed by atoms with Crippen LogP contribution in [-0.2, 0) is 0 Å². The zero-order chi connectivity index (χ0) is 26.7. The molecule has 4 rings (SSSR count). The van der Waals surface area contributed by atoms with Gasteiger partial charge in [0.25, 0.3) is 0 Å². The fraction of sp³-hybridized carbons (Fsp3) is 0.0588. The molecule has 0 saturated carbocycles. The fourth-order valence-corrected chi connectivity index (χ4v) is 3.44. The summed E-state index contributed by atoms with van der Waals surface area (Å²) >= 11 is 9.91. The highest BCUT2D eigenvalue weighted by atomic mass is 32.1. The van der Waals surface area contributed by atoms with E-state index >= 15 is 0 Å². The topological polar surface area (TPSA) is 18.5 Å². The molecular formula is C34H22O2S2. The van der Waals surface area contributed by atoms with Crippen molar-refractivity contribution in [2.75, 3.05) is 0 Å². The summed E-state index contributed by atoms with van der Waals surface area (Å²) in [7, 11) is 0. The third-order valence-corrected chi connectivity index (χ3v) is 5.22. The van der Waals surface area contributed by atoms with Gasteiger partial charge in [0.15, 0.2) is 10.1 Å². The molecule has 0 radical (unpaired) electrons. The molecule has 0 fully saturated rings. The van der Waals surface area contributed by atoms with Crippen LogP contribution in [0.3, 0.4) is 0 Å². The first-order valence-electron chi connectivity index (χ1n) is 11.8. The number of ether oxygens (including phenoxy) is 2. The lowest BCUT2D eigenvalue weighted by atomic mass is 10.1. The number of thiocarbonyl (C=S) groups is 2. The first-order valence-corrected chi connectivity index (χ1v) is 12.6. The van der Waals surface area contributed by atoms with Crippen LogP contribution >= 0.6 is 24.4 Å². The number of benzene rings is 4. The molecule has 0 amide bonds. The number of hydrogen-bond donors (Lipinski definition) is 0. The van der Waals surface area contributed by atoms with E-state index < -0.39 is 0 Å². The Bertz CT molecular complexity index is 1510. The van der Waals surface area contributed by atoms with E-state index in [-0.39, 0.29) is 0 Å².